The molecule has 0 aliphatic rings. The minimum Gasteiger partial charge on any atom is -0.412 e. The van der Waals surface area contributed by atoms with Gasteiger partial charge in [-0.25, -0.2) is 0 Å². The van der Waals surface area contributed by atoms with Gasteiger partial charge in [0.25, 0.3) is 0 Å². The van der Waals surface area contributed by atoms with Gasteiger partial charge in [-0.3, -0.25) is 0 Å². The van der Waals surface area contributed by atoms with E-state index in [0.717, 1.165) is 0 Å². The summed E-state index contributed by atoms with van der Waals surface area (Å²) >= 11 is 0. The van der Waals surface area contributed by atoms with Gasteiger partial charge in [0.2, 0.25) is 0 Å². The Morgan fingerprint density at radius 1 is 1.00 bits per heavy atom. The van der Waals surface area contributed by atoms with Crippen LogP contribution in [0.3, 0.4) is 0 Å². The van der Waals surface area contributed by atoms with Crippen molar-refractivity contribution in [3.8, 4) is 0 Å². The van der Waals surface area contributed by atoms with Crippen molar-refractivity contribution < 1.29 is 25.5 Å². The van der Waals surface area contributed by atoms with Crippen LogP contribution in [0.25, 0.3) is 0 Å². The molecular weight excluding hydrogens is 200 g/mol. The molecule has 0 aliphatic carbocycles. The molecule has 0 aromatic heterocycles. The van der Waals surface area contributed by atoms with E-state index in [1.165, 1.54) is 0 Å². The lowest BCUT2D eigenvalue weighted by Crippen LogP contribution is -1.96. The molecule has 0 aromatic carbocycles. The van der Waals surface area contributed by atoms with Crippen molar-refractivity contribution in [2.45, 2.75) is 46.8 Å². The number of aliphatic hydroxyl groups excluding tert-OH is 3. The zero-order valence-corrected chi connectivity index (χ0v) is 10.5. The van der Waals surface area contributed by atoms with Crippen LogP contribution in [0.2, 0.25) is 0 Å². The summed E-state index contributed by atoms with van der Waals surface area (Å²) in [6.07, 6.45) is -0.333. The average molecular weight is 228 g/mol. The Hall–Kier alpha value is -0.200. The lowest BCUT2D eigenvalue weighted by Gasteiger charge is -1.91. The van der Waals surface area contributed by atoms with Crippen molar-refractivity contribution in [3.05, 3.63) is 0 Å². The summed E-state index contributed by atoms with van der Waals surface area (Å²) in [7, 11) is 0. The summed E-state index contributed by atoms with van der Waals surface area (Å²) in [4.78, 5) is 0. The monoisotopic (exact) mass is 228 g/mol. The number of ether oxygens (including phenoxy) is 1. The van der Waals surface area contributed by atoms with Crippen molar-refractivity contribution in [2.75, 3.05) is 19.8 Å². The fourth-order valence-corrected chi connectivity index (χ4v) is 0.209. The van der Waals surface area contributed by atoms with Crippen LogP contribution in [0.1, 0.15) is 34.6 Å². The van der Waals surface area contributed by atoms with Crippen LogP contribution in [-0.2, 0) is 4.74 Å². The first-order valence-electron chi connectivity index (χ1n) is 4.93. The molecule has 0 saturated carbocycles. The first-order valence-corrected chi connectivity index (χ1v) is 4.93. The second-order valence-corrected chi connectivity index (χ2v) is 3.11. The molecule has 15 heavy (non-hydrogen) atoms. The SMILES string of the molecule is CC(C)O.CC(C)O.CCOCCO.O. The Balaban J connectivity index is -0.0000000606. The Morgan fingerprint density at radius 2 is 1.27 bits per heavy atom. The van der Waals surface area contributed by atoms with Crippen LogP contribution < -0.4 is 0 Å². The van der Waals surface area contributed by atoms with Gasteiger partial charge in [0.05, 0.1) is 13.2 Å². The molecular formula is C10H28O5. The Kier molecular flexibility index (Phi) is 37.9. The molecule has 5 nitrogen and oxygen atoms in total. The summed E-state index contributed by atoms with van der Waals surface area (Å²) < 4.78 is 4.73. The van der Waals surface area contributed by atoms with Gasteiger partial charge in [-0.05, 0) is 34.6 Å². The molecule has 0 unspecified atom stereocenters. The standard InChI is InChI=1S/C4H10O2.2C3H8O.H2O/c1-2-6-4-3-5;2*1-3(2)4;/h5H,2-4H2,1H3;2*3-4H,1-2H3;1H2. The predicted octanol–water partition coefficient (Wildman–Crippen LogP) is -0.0353. The topological polar surface area (TPSA) is 101 Å². The fourth-order valence-electron chi connectivity index (χ4n) is 0.209. The maximum absolute atomic E-state index is 8.07. The van der Waals surface area contributed by atoms with Gasteiger partial charge in [-0.2, -0.15) is 0 Å². The molecule has 0 amide bonds. The molecule has 0 atom stereocenters. The second kappa shape index (κ2) is 23.5. The molecule has 0 saturated heterocycles. The third-order valence-electron chi connectivity index (χ3n) is 0.440. The van der Waals surface area contributed by atoms with Gasteiger partial charge in [0, 0.05) is 18.8 Å². The van der Waals surface area contributed by atoms with Crippen LogP contribution in [0.5, 0.6) is 0 Å². The summed E-state index contributed by atoms with van der Waals surface area (Å²) in [5.41, 5.74) is 0. The average Bonchev–Trinajstić information content (AvgIpc) is 1.98. The van der Waals surface area contributed by atoms with Gasteiger partial charge in [-0.1, -0.05) is 0 Å². The van der Waals surface area contributed by atoms with Crippen LogP contribution in [0.4, 0.5) is 0 Å². The highest BCUT2D eigenvalue weighted by molar-refractivity contribution is 4.21. The highest BCUT2D eigenvalue weighted by Gasteiger charge is 1.73. The van der Waals surface area contributed by atoms with Gasteiger partial charge in [-0.15, -0.1) is 0 Å². The van der Waals surface area contributed by atoms with E-state index in [1.54, 1.807) is 27.7 Å². The highest BCUT2D eigenvalue weighted by atomic mass is 16.5. The summed E-state index contributed by atoms with van der Waals surface area (Å²) in [6.45, 7) is 10.1. The van der Waals surface area contributed by atoms with E-state index < -0.39 is 0 Å². The zero-order chi connectivity index (χ0) is 12.0. The Bertz CT molecular complexity index is 60.7. The van der Waals surface area contributed by atoms with E-state index in [-0.39, 0.29) is 24.3 Å². The first-order chi connectivity index (χ1) is 6.38. The van der Waals surface area contributed by atoms with Crippen LogP contribution in [-0.4, -0.2) is 52.8 Å². The maximum Gasteiger partial charge on any atom is 0.0697 e. The summed E-state index contributed by atoms with van der Waals surface area (Å²) in [5.74, 6) is 0. The van der Waals surface area contributed by atoms with Crippen molar-refractivity contribution in [1.29, 1.82) is 0 Å². The van der Waals surface area contributed by atoms with Crippen molar-refractivity contribution in [1.82, 2.24) is 0 Å². The van der Waals surface area contributed by atoms with E-state index in [9.17, 15) is 0 Å². The number of hydrogen-bond donors (Lipinski definition) is 3. The van der Waals surface area contributed by atoms with E-state index in [0.29, 0.717) is 13.2 Å². The lowest BCUT2D eigenvalue weighted by molar-refractivity contribution is 0.102. The minimum atomic E-state index is -0.167. The highest BCUT2D eigenvalue weighted by Crippen LogP contribution is 1.66. The minimum absolute atomic E-state index is 0. The van der Waals surface area contributed by atoms with E-state index in [4.69, 9.17) is 20.1 Å². The number of hydrogen-bond acceptors (Lipinski definition) is 4. The van der Waals surface area contributed by atoms with Crippen molar-refractivity contribution in [2.24, 2.45) is 0 Å². The zero-order valence-electron chi connectivity index (χ0n) is 10.5. The molecule has 0 radical (unpaired) electrons. The molecule has 0 bridgehead atoms. The normalized spacial score (nSPS) is 8.40. The van der Waals surface area contributed by atoms with Crippen LogP contribution in [0, 0.1) is 0 Å². The van der Waals surface area contributed by atoms with E-state index in [2.05, 4.69) is 0 Å². The molecule has 0 rings (SSSR count). The van der Waals surface area contributed by atoms with E-state index in [1.807, 2.05) is 6.92 Å². The summed E-state index contributed by atoms with van der Waals surface area (Å²) in [6, 6.07) is 0. The summed E-state index contributed by atoms with van der Waals surface area (Å²) in [5, 5.41) is 24.2. The molecule has 0 spiro atoms. The lowest BCUT2D eigenvalue weighted by atomic mass is 10.5. The second-order valence-electron chi connectivity index (χ2n) is 3.11. The quantitative estimate of drug-likeness (QED) is 0.590. The molecule has 0 heterocycles. The molecule has 98 valence electrons. The predicted molar refractivity (Wildman–Crippen MR) is 61.9 cm³/mol. The largest absolute Gasteiger partial charge is 0.412 e. The molecule has 0 fully saturated rings. The maximum atomic E-state index is 8.07. The Morgan fingerprint density at radius 3 is 1.33 bits per heavy atom. The first kappa shape index (κ1) is 24.2. The third-order valence-corrected chi connectivity index (χ3v) is 0.440. The third kappa shape index (κ3) is 245. The van der Waals surface area contributed by atoms with E-state index >= 15 is 0 Å². The molecule has 0 aromatic rings. The van der Waals surface area contributed by atoms with Gasteiger partial charge in [0.1, 0.15) is 0 Å². The Labute approximate surface area is 93.0 Å². The molecule has 5 heteroatoms. The van der Waals surface area contributed by atoms with Gasteiger partial charge < -0.3 is 25.5 Å². The van der Waals surface area contributed by atoms with Gasteiger partial charge in [0.15, 0.2) is 0 Å². The van der Waals surface area contributed by atoms with Crippen molar-refractivity contribution >= 4 is 0 Å². The fraction of sp³-hybridized carbons (Fsp3) is 1.00. The van der Waals surface area contributed by atoms with Gasteiger partial charge >= 0.3 is 0 Å². The van der Waals surface area contributed by atoms with Crippen LogP contribution >= 0.6 is 0 Å². The smallest absolute Gasteiger partial charge is 0.0697 e. The molecule has 0 aliphatic heterocycles. The molecule has 5 N–H and O–H groups in total. The number of aliphatic hydroxyl groups is 3. The van der Waals surface area contributed by atoms with Crippen LogP contribution in [0.15, 0.2) is 0 Å². The number of rotatable bonds is 3. The van der Waals surface area contributed by atoms with Crippen molar-refractivity contribution in [3.63, 3.8) is 0 Å².